The number of nitrogens with zero attached hydrogens (tertiary/aromatic N) is 3. The summed E-state index contributed by atoms with van der Waals surface area (Å²) in [6.45, 7) is 7.94. The summed E-state index contributed by atoms with van der Waals surface area (Å²) >= 11 is 0. The van der Waals surface area contributed by atoms with Gasteiger partial charge in [-0.3, -0.25) is 0 Å². The Morgan fingerprint density at radius 1 is 1.00 bits per heavy atom. The van der Waals surface area contributed by atoms with E-state index in [-0.39, 0.29) is 0 Å². The van der Waals surface area contributed by atoms with Gasteiger partial charge in [-0.1, -0.05) is 60.2 Å². The number of ether oxygens (including phenoxy) is 1. The molecule has 3 aromatic rings. The predicted octanol–water partition coefficient (Wildman–Crippen LogP) is 3.82. The van der Waals surface area contributed by atoms with E-state index in [0.29, 0.717) is 13.1 Å². The first-order valence-corrected chi connectivity index (χ1v) is 9.59. The lowest BCUT2D eigenvalue weighted by atomic mass is 10.1. The molecule has 1 heterocycles. The van der Waals surface area contributed by atoms with Gasteiger partial charge in [0.05, 0.1) is 6.54 Å². The van der Waals surface area contributed by atoms with Gasteiger partial charge in [-0.15, -0.1) is 0 Å². The molecule has 2 aromatic carbocycles. The Morgan fingerprint density at radius 2 is 1.78 bits per heavy atom. The number of aryl methyl sites for hydroxylation is 1. The summed E-state index contributed by atoms with van der Waals surface area (Å²) in [6.07, 6.45) is 0.992. The molecule has 0 aliphatic heterocycles. The summed E-state index contributed by atoms with van der Waals surface area (Å²) in [5.41, 5.74) is 5.48. The average molecular weight is 364 g/mol. The molecule has 5 nitrogen and oxygen atoms in total. The van der Waals surface area contributed by atoms with Gasteiger partial charge < -0.3 is 10.1 Å². The number of rotatable bonds is 10. The van der Waals surface area contributed by atoms with Crippen molar-refractivity contribution >= 4 is 0 Å². The van der Waals surface area contributed by atoms with Crippen molar-refractivity contribution in [2.24, 2.45) is 0 Å². The fourth-order valence-corrected chi connectivity index (χ4v) is 2.90. The molecule has 0 spiro atoms. The van der Waals surface area contributed by atoms with Crippen molar-refractivity contribution in [3.8, 4) is 11.3 Å². The second-order valence-corrected chi connectivity index (χ2v) is 6.60. The molecule has 27 heavy (non-hydrogen) atoms. The van der Waals surface area contributed by atoms with Crippen LogP contribution in [0.15, 0.2) is 54.6 Å². The van der Waals surface area contributed by atoms with E-state index in [1.807, 2.05) is 25.1 Å². The first-order valence-electron chi connectivity index (χ1n) is 9.59. The summed E-state index contributed by atoms with van der Waals surface area (Å²) in [6, 6.07) is 18.8. The minimum absolute atomic E-state index is 0.671. The topological polar surface area (TPSA) is 52.0 Å². The Hall–Kier alpha value is -2.50. The Bertz CT molecular complexity index is 812. The molecule has 0 bridgehead atoms. The Balaban J connectivity index is 1.71. The highest BCUT2D eigenvalue weighted by atomic mass is 16.5. The highest BCUT2D eigenvalue weighted by molar-refractivity contribution is 5.60. The first-order chi connectivity index (χ1) is 13.3. The normalized spacial score (nSPS) is 11.0. The van der Waals surface area contributed by atoms with Gasteiger partial charge in [0.25, 0.3) is 0 Å². The number of aromatic nitrogens is 3. The van der Waals surface area contributed by atoms with Crippen LogP contribution in [0.5, 0.6) is 0 Å². The van der Waals surface area contributed by atoms with Gasteiger partial charge in [0.2, 0.25) is 0 Å². The second-order valence-electron chi connectivity index (χ2n) is 6.60. The quantitative estimate of drug-likeness (QED) is 0.556. The van der Waals surface area contributed by atoms with Gasteiger partial charge in [0.15, 0.2) is 0 Å². The van der Waals surface area contributed by atoms with E-state index in [2.05, 4.69) is 48.6 Å². The van der Waals surface area contributed by atoms with Crippen molar-refractivity contribution in [1.29, 1.82) is 0 Å². The lowest BCUT2D eigenvalue weighted by Crippen LogP contribution is -2.17. The van der Waals surface area contributed by atoms with Gasteiger partial charge in [-0.2, -0.15) is 15.0 Å². The van der Waals surface area contributed by atoms with Crippen molar-refractivity contribution in [2.45, 2.75) is 33.4 Å². The molecule has 0 atom stereocenters. The Labute approximate surface area is 161 Å². The summed E-state index contributed by atoms with van der Waals surface area (Å²) in [4.78, 5) is 1.80. The highest BCUT2D eigenvalue weighted by Gasteiger charge is 2.13. The number of benzene rings is 2. The van der Waals surface area contributed by atoms with Gasteiger partial charge >= 0.3 is 0 Å². The molecule has 142 valence electrons. The lowest BCUT2D eigenvalue weighted by Gasteiger charge is -2.04. The molecule has 3 rings (SSSR count). The van der Waals surface area contributed by atoms with Crippen LogP contribution in [0, 0.1) is 6.92 Å². The molecule has 0 aliphatic rings. The molecule has 5 heteroatoms. The minimum atomic E-state index is 0.671. The van der Waals surface area contributed by atoms with Crippen molar-refractivity contribution in [3.63, 3.8) is 0 Å². The Kier molecular flexibility index (Phi) is 7.13. The van der Waals surface area contributed by atoms with E-state index in [4.69, 9.17) is 14.9 Å². The summed E-state index contributed by atoms with van der Waals surface area (Å²) in [7, 11) is 0. The van der Waals surface area contributed by atoms with E-state index >= 15 is 0 Å². The standard InChI is InChI=1S/C22H28N4O/c1-3-27-15-7-14-23-16-21-22(20-8-5-4-6-9-20)25-26(24-21)17-19-12-10-18(2)11-13-19/h4-6,8-13,23H,3,7,14-17H2,1-2H3. The molecule has 0 unspecified atom stereocenters. The average Bonchev–Trinajstić information content (AvgIpc) is 3.10. The zero-order chi connectivity index (χ0) is 18.9. The largest absolute Gasteiger partial charge is 0.382 e. The second kappa shape index (κ2) is 10.00. The van der Waals surface area contributed by atoms with Gasteiger partial charge in [-0.05, 0) is 32.4 Å². The zero-order valence-corrected chi connectivity index (χ0v) is 16.2. The smallest absolute Gasteiger partial charge is 0.117 e. The SMILES string of the molecule is CCOCCCNCc1nn(Cc2ccc(C)cc2)nc1-c1ccccc1. The monoisotopic (exact) mass is 364 g/mol. The molecule has 0 saturated heterocycles. The van der Waals surface area contributed by atoms with Crippen LogP contribution in [-0.2, 0) is 17.8 Å². The van der Waals surface area contributed by atoms with Crippen LogP contribution in [0.25, 0.3) is 11.3 Å². The van der Waals surface area contributed by atoms with Crippen LogP contribution in [0.1, 0.15) is 30.2 Å². The van der Waals surface area contributed by atoms with Gasteiger partial charge in [0.1, 0.15) is 11.4 Å². The number of nitrogens with one attached hydrogen (secondary N) is 1. The van der Waals surface area contributed by atoms with E-state index < -0.39 is 0 Å². The van der Waals surface area contributed by atoms with Crippen LogP contribution in [0.2, 0.25) is 0 Å². The molecule has 1 N–H and O–H groups in total. The number of hydrogen-bond acceptors (Lipinski definition) is 4. The van der Waals surface area contributed by atoms with E-state index in [1.165, 1.54) is 11.1 Å². The molecular weight excluding hydrogens is 336 g/mol. The van der Waals surface area contributed by atoms with E-state index in [9.17, 15) is 0 Å². The van der Waals surface area contributed by atoms with Gasteiger partial charge in [-0.25, -0.2) is 0 Å². The third-order valence-corrected chi connectivity index (χ3v) is 4.36. The lowest BCUT2D eigenvalue weighted by molar-refractivity contribution is 0.144. The predicted molar refractivity (Wildman–Crippen MR) is 109 cm³/mol. The number of hydrogen-bond donors (Lipinski definition) is 1. The van der Waals surface area contributed by atoms with Crippen molar-refractivity contribution in [2.75, 3.05) is 19.8 Å². The van der Waals surface area contributed by atoms with Crippen LogP contribution in [-0.4, -0.2) is 34.8 Å². The van der Waals surface area contributed by atoms with E-state index in [1.54, 1.807) is 4.80 Å². The van der Waals surface area contributed by atoms with Crippen molar-refractivity contribution in [3.05, 3.63) is 71.4 Å². The van der Waals surface area contributed by atoms with E-state index in [0.717, 1.165) is 43.1 Å². The molecular formula is C22H28N4O. The molecule has 0 amide bonds. The maximum absolute atomic E-state index is 5.39. The maximum atomic E-state index is 5.39. The van der Waals surface area contributed by atoms with Gasteiger partial charge in [0, 0.05) is 25.3 Å². The Morgan fingerprint density at radius 3 is 2.52 bits per heavy atom. The molecule has 0 radical (unpaired) electrons. The summed E-state index contributed by atoms with van der Waals surface area (Å²) in [5.74, 6) is 0. The molecule has 0 saturated carbocycles. The van der Waals surface area contributed by atoms with Crippen molar-refractivity contribution < 1.29 is 4.74 Å². The minimum Gasteiger partial charge on any atom is -0.382 e. The van der Waals surface area contributed by atoms with Crippen molar-refractivity contribution in [1.82, 2.24) is 20.3 Å². The zero-order valence-electron chi connectivity index (χ0n) is 16.2. The molecule has 1 aromatic heterocycles. The van der Waals surface area contributed by atoms with Crippen LogP contribution in [0.4, 0.5) is 0 Å². The van der Waals surface area contributed by atoms with Crippen LogP contribution >= 0.6 is 0 Å². The maximum Gasteiger partial charge on any atom is 0.117 e. The van der Waals surface area contributed by atoms with Crippen LogP contribution < -0.4 is 5.32 Å². The fourth-order valence-electron chi connectivity index (χ4n) is 2.90. The fraction of sp³-hybridized carbons (Fsp3) is 0.364. The molecule has 0 fully saturated rings. The first kappa shape index (κ1) is 19.3. The van der Waals surface area contributed by atoms with Crippen LogP contribution in [0.3, 0.4) is 0 Å². The third kappa shape index (κ3) is 5.74. The summed E-state index contributed by atoms with van der Waals surface area (Å²) < 4.78 is 5.39. The molecule has 0 aliphatic carbocycles. The summed E-state index contributed by atoms with van der Waals surface area (Å²) in [5, 5.41) is 13.0. The third-order valence-electron chi connectivity index (χ3n) is 4.36. The highest BCUT2D eigenvalue weighted by Crippen LogP contribution is 2.20.